The van der Waals surface area contributed by atoms with Gasteiger partial charge in [-0.3, -0.25) is 9.36 Å². The molecule has 0 saturated heterocycles. The number of ether oxygens (including phenoxy) is 4. The fraction of sp³-hybridized carbons (Fsp3) is 0.162. The Balaban J connectivity index is 1.51. The summed E-state index contributed by atoms with van der Waals surface area (Å²) in [6.45, 7) is 1.93. The fourth-order valence-corrected chi connectivity index (χ4v) is 6.40. The second kappa shape index (κ2) is 13.9. The van der Waals surface area contributed by atoms with Gasteiger partial charge in [0.2, 0.25) is 0 Å². The smallest absolute Gasteiger partial charge is 0.338 e. The number of carbonyl (C=O) groups is 1. The van der Waals surface area contributed by atoms with Crippen molar-refractivity contribution in [2.24, 2.45) is 4.99 Å². The van der Waals surface area contributed by atoms with E-state index in [-0.39, 0.29) is 30.2 Å². The van der Waals surface area contributed by atoms with Crippen LogP contribution in [0.15, 0.2) is 112 Å². The van der Waals surface area contributed by atoms with E-state index in [4.69, 9.17) is 23.9 Å². The average Bonchev–Trinajstić information content (AvgIpc) is 3.41. The Hall–Kier alpha value is -5.48. The van der Waals surface area contributed by atoms with E-state index in [2.05, 4.69) is 0 Å². The number of hydrogen-bond donors (Lipinski definition) is 0. The molecule has 1 aromatic heterocycles. The highest BCUT2D eigenvalue weighted by atomic mass is 32.1. The van der Waals surface area contributed by atoms with Gasteiger partial charge in [-0.15, -0.1) is 0 Å². The Morgan fingerprint density at radius 2 is 1.70 bits per heavy atom. The van der Waals surface area contributed by atoms with Gasteiger partial charge in [-0.2, -0.15) is 0 Å². The van der Waals surface area contributed by atoms with Crippen LogP contribution in [0.25, 0.3) is 11.8 Å². The van der Waals surface area contributed by atoms with E-state index in [1.807, 2.05) is 36.4 Å². The van der Waals surface area contributed by atoms with Gasteiger partial charge in [0.1, 0.15) is 18.2 Å². The van der Waals surface area contributed by atoms with Crippen molar-refractivity contribution in [1.82, 2.24) is 4.57 Å². The van der Waals surface area contributed by atoms with Crippen LogP contribution in [0.1, 0.15) is 35.2 Å². The predicted molar refractivity (Wildman–Crippen MR) is 178 cm³/mol. The van der Waals surface area contributed by atoms with Crippen LogP contribution in [0.4, 0.5) is 4.39 Å². The molecule has 0 N–H and O–H groups in total. The zero-order valence-corrected chi connectivity index (χ0v) is 26.8. The molecule has 0 spiro atoms. The topological polar surface area (TPSA) is 88.4 Å². The maximum absolute atomic E-state index is 14.3. The normalized spacial score (nSPS) is 14.3. The van der Waals surface area contributed by atoms with Crippen molar-refractivity contribution in [3.63, 3.8) is 0 Å². The summed E-state index contributed by atoms with van der Waals surface area (Å²) >= 11 is 1.21. The van der Waals surface area contributed by atoms with Crippen molar-refractivity contribution in [3.8, 4) is 17.2 Å². The Morgan fingerprint density at radius 3 is 2.45 bits per heavy atom. The van der Waals surface area contributed by atoms with Crippen molar-refractivity contribution in [2.75, 3.05) is 20.8 Å². The van der Waals surface area contributed by atoms with E-state index in [9.17, 15) is 14.0 Å². The Kier molecular flexibility index (Phi) is 9.30. The van der Waals surface area contributed by atoms with Crippen LogP contribution in [0.2, 0.25) is 0 Å². The van der Waals surface area contributed by atoms with E-state index in [0.29, 0.717) is 54.5 Å². The third-order valence-corrected chi connectivity index (χ3v) is 8.59. The zero-order valence-electron chi connectivity index (χ0n) is 25.9. The van der Waals surface area contributed by atoms with Crippen molar-refractivity contribution in [1.29, 1.82) is 0 Å². The van der Waals surface area contributed by atoms with E-state index >= 15 is 0 Å². The summed E-state index contributed by atoms with van der Waals surface area (Å²) < 4.78 is 38.5. The Morgan fingerprint density at radius 1 is 0.936 bits per heavy atom. The van der Waals surface area contributed by atoms with E-state index in [0.717, 1.165) is 0 Å². The molecule has 238 valence electrons. The predicted octanol–water partition coefficient (Wildman–Crippen LogP) is 5.67. The minimum atomic E-state index is -0.877. The highest BCUT2D eigenvalue weighted by molar-refractivity contribution is 7.07. The Labute approximate surface area is 274 Å². The molecule has 8 nitrogen and oxygen atoms in total. The molecule has 0 aliphatic carbocycles. The third kappa shape index (κ3) is 6.45. The van der Waals surface area contributed by atoms with Gasteiger partial charge in [0, 0.05) is 11.1 Å². The summed E-state index contributed by atoms with van der Waals surface area (Å²) in [6, 6.07) is 27.4. The largest absolute Gasteiger partial charge is 0.493 e. The van der Waals surface area contributed by atoms with Gasteiger partial charge in [-0.1, -0.05) is 78.1 Å². The molecule has 0 fully saturated rings. The fourth-order valence-electron chi connectivity index (χ4n) is 5.40. The highest BCUT2D eigenvalue weighted by Gasteiger charge is 2.35. The average molecular weight is 651 g/mol. The molecule has 47 heavy (non-hydrogen) atoms. The number of methoxy groups -OCH3 is 2. The first-order valence-corrected chi connectivity index (χ1v) is 15.7. The lowest BCUT2D eigenvalue weighted by Gasteiger charge is -2.26. The van der Waals surface area contributed by atoms with Gasteiger partial charge in [0.25, 0.3) is 5.56 Å². The summed E-state index contributed by atoms with van der Waals surface area (Å²) in [5.41, 5.74) is 2.78. The number of fused-ring (bicyclic) bond motifs is 1. The van der Waals surface area contributed by atoms with E-state index < -0.39 is 12.0 Å². The van der Waals surface area contributed by atoms with Gasteiger partial charge in [0.05, 0.1) is 42.7 Å². The zero-order chi connectivity index (χ0) is 32.9. The maximum Gasteiger partial charge on any atom is 0.338 e. The van der Waals surface area contributed by atoms with Crippen LogP contribution in [-0.4, -0.2) is 31.4 Å². The number of hydrogen-bond acceptors (Lipinski definition) is 8. The molecule has 0 radical (unpaired) electrons. The number of halogens is 1. The van der Waals surface area contributed by atoms with Crippen molar-refractivity contribution in [2.45, 2.75) is 19.6 Å². The summed E-state index contributed by atoms with van der Waals surface area (Å²) in [7, 11) is 3.07. The first-order valence-electron chi connectivity index (χ1n) is 14.9. The number of carbonyl (C=O) groups excluding carboxylic acids is 1. The minimum Gasteiger partial charge on any atom is -0.493 e. The number of nitrogens with zero attached hydrogens (tertiary/aromatic N) is 2. The van der Waals surface area contributed by atoms with Gasteiger partial charge < -0.3 is 18.9 Å². The first kappa shape index (κ1) is 31.5. The second-order valence-corrected chi connectivity index (χ2v) is 11.5. The molecule has 6 rings (SSSR count). The molecule has 10 heteroatoms. The van der Waals surface area contributed by atoms with Crippen LogP contribution in [0, 0.1) is 5.82 Å². The number of benzene rings is 4. The number of esters is 1. The number of aromatic nitrogens is 1. The molecule has 1 atom stereocenters. The third-order valence-electron chi connectivity index (χ3n) is 7.61. The number of thiazole rings is 1. The van der Waals surface area contributed by atoms with Crippen molar-refractivity contribution < 1.29 is 28.1 Å². The lowest BCUT2D eigenvalue weighted by atomic mass is 9.93. The van der Waals surface area contributed by atoms with Crippen LogP contribution in [0.3, 0.4) is 0 Å². The van der Waals surface area contributed by atoms with Crippen LogP contribution in [-0.2, 0) is 16.1 Å². The summed E-state index contributed by atoms with van der Waals surface area (Å²) in [4.78, 5) is 33.3. The van der Waals surface area contributed by atoms with Crippen LogP contribution in [0.5, 0.6) is 17.2 Å². The SMILES string of the molecule is CCOC(=O)C1=C(c2ccccc2)N=c2s/c(=C\c3cccc(OCc4ccccc4F)c3)c(=O)n2[C@H]1c1ccc(OC)c(OC)c1. The van der Waals surface area contributed by atoms with Gasteiger partial charge in [0.15, 0.2) is 16.3 Å². The second-order valence-electron chi connectivity index (χ2n) is 10.5. The molecule has 0 saturated carbocycles. The quantitative estimate of drug-likeness (QED) is 0.181. The molecule has 4 aromatic carbocycles. The standard InChI is InChI=1S/C37H31FN2O6S/c1-4-45-36(42)32-33(24-12-6-5-7-13-24)39-37-40(34(32)25-17-18-29(43-2)30(21-25)44-3)35(41)31(47-37)20-23-11-10-15-27(19-23)46-22-26-14-8-9-16-28(26)38/h5-21,34H,4,22H2,1-3H3/b31-20-/t34-/m0/s1. The minimum absolute atomic E-state index is 0.0581. The van der Waals surface area contributed by atoms with Gasteiger partial charge >= 0.3 is 5.97 Å². The van der Waals surface area contributed by atoms with Gasteiger partial charge in [-0.25, -0.2) is 14.2 Å². The van der Waals surface area contributed by atoms with Crippen LogP contribution >= 0.6 is 11.3 Å². The van der Waals surface area contributed by atoms with Crippen molar-refractivity contribution >= 4 is 29.1 Å². The number of rotatable bonds is 10. The molecule has 0 amide bonds. The van der Waals surface area contributed by atoms with E-state index in [1.54, 1.807) is 67.6 Å². The molecule has 0 bridgehead atoms. The summed E-state index contributed by atoms with van der Waals surface area (Å²) in [5, 5.41) is 0. The molecule has 1 aliphatic heterocycles. The Bertz CT molecular complexity index is 2160. The van der Waals surface area contributed by atoms with Gasteiger partial charge in [-0.05, 0) is 54.5 Å². The molecule has 5 aromatic rings. The van der Waals surface area contributed by atoms with E-state index in [1.165, 1.54) is 36.2 Å². The molecule has 0 unspecified atom stereocenters. The lowest BCUT2D eigenvalue weighted by molar-refractivity contribution is -0.138. The van der Waals surface area contributed by atoms with Crippen LogP contribution < -0.4 is 29.1 Å². The summed E-state index contributed by atoms with van der Waals surface area (Å²) in [5.74, 6) is 0.551. The molecule has 2 heterocycles. The molecule has 1 aliphatic rings. The monoisotopic (exact) mass is 650 g/mol. The maximum atomic E-state index is 14.3. The molecular weight excluding hydrogens is 619 g/mol. The highest BCUT2D eigenvalue weighted by Crippen LogP contribution is 2.38. The first-order chi connectivity index (χ1) is 22.9. The summed E-state index contributed by atoms with van der Waals surface area (Å²) in [6.07, 6.45) is 1.75. The lowest BCUT2D eigenvalue weighted by Crippen LogP contribution is -2.40. The molecular formula is C37H31FN2O6S. The van der Waals surface area contributed by atoms with Crippen molar-refractivity contribution in [3.05, 3.63) is 150 Å².